The number of hydrogen-bond acceptors (Lipinski definition) is 6. The molecule has 0 radical (unpaired) electrons. The van der Waals surface area contributed by atoms with E-state index in [9.17, 15) is 4.79 Å². The van der Waals surface area contributed by atoms with Crippen LogP contribution >= 0.6 is 11.3 Å². The number of nitrogens with zero attached hydrogens (tertiary/aromatic N) is 2. The van der Waals surface area contributed by atoms with Crippen molar-refractivity contribution in [2.75, 3.05) is 45.2 Å². The van der Waals surface area contributed by atoms with Crippen LogP contribution in [0.2, 0.25) is 0 Å². The quantitative estimate of drug-likeness (QED) is 0.622. The lowest BCUT2D eigenvalue weighted by atomic mass is 9.86. The Balaban J connectivity index is 2.00. The van der Waals surface area contributed by atoms with Crippen LogP contribution in [0.1, 0.15) is 39.5 Å². The van der Waals surface area contributed by atoms with Crippen LogP contribution in [0.15, 0.2) is 11.6 Å². The summed E-state index contributed by atoms with van der Waals surface area (Å²) in [5, 5.41) is 9.19. The molecule has 7 heteroatoms. The third-order valence-electron chi connectivity index (χ3n) is 5.19. The lowest BCUT2D eigenvalue weighted by molar-refractivity contribution is -0.127. The highest BCUT2D eigenvalue weighted by atomic mass is 32.1. The third-order valence-corrected chi connectivity index (χ3v) is 5.87. The zero-order valence-corrected chi connectivity index (χ0v) is 16.5. The van der Waals surface area contributed by atoms with Crippen LogP contribution in [-0.2, 0) is 9.53 Å². The van der Waals surface area contributed by atoms with Crippen LogP contribution in [-0.4, -0.2) is 61.2 Å². The molecule has 0 aromatic carbocycles. The van der Waals surface area contributed by atoms with Gasteiger partial charge in [0.05, 0.1) is 6.61 Å². The highest BCUT2D eigenvalue weighted by molar-refractivity contribution is 7.13. The van der Waals surface area contributed by atoms with Crippen LogP contribution in [0.5, 0.6) is 0 Å². The fraction of sp³-hybridized carbons (Fsp3) is 0.778. The molecule has 0 atom stereocenters. The van der Waals surface area contributed by atoms with E-state index < -0.39 is 5.54 Å². The number of rotatable bonds is 10. The minimum Gasteiger partial charge on any atom is -0.383 e. The summed E-state index contributed by atoms with van der Waals surface area (Å²) in [6.45, 7) is 8.59. The Kier molecular flexibility index (Phi) is 8.12. The Bertz CT molecular complexity index is 497. The number of carbonyl (C=O) groups is 1. The summed E-state index contributed by atoms with van der Waals surface area (Å²) in [6.07, 6.45) is 5.79. The van der Waals surface area contributed by atoms with Crippen molar-refractivity contribution in [2.24, 2.45) is 5.92 Å². The Labute approximate surface area is 155 Å². The maximum Gasteiger partial charge on any atom is 0.245 e. The van der Waals surface area contributed by atoms with Crippen molar-refractivity contribution >= 4 is 22.4 Å². The van der Waals surface area contributed by atoms with E-state index in [4.69, 9.17) is 4.74 Å². The molecule has 25 heavy (non-hydrogen) atoms. The predicted molar refractivity (Wildman–Crippen MR) is 103 cm³/mol. The lowest BCUT2D eigenvalue weighted by Crippen LogP contribution is -2.59. The van der Waals surface area contributed by atoms with Crippen molar-refractivity contribution in [1.82, 2.24) is 15.2 Å². The molecule has 2 N–H and O–H groups in total. The van der Waals surface area contributed by atoms with Crippen molar-refractivity contribution in [2.45, 2.75) is 45.1 Å². The topological polar surface area (TPSA) is 66.5 Å². The van der Waals surface area contributed by atoms with Gasteiger partial charge in [0.25, 0.3) is 0 Å². The summed E-state index contributed by atoms with van der Waals surface area (Å²) in [4.78, 5) is 19.7. The number of aromatic nitrogens is 1. The predicted octanol–water partition coefficient (Wildman–Crippen LogP) is 2.59. The largest absolute Gasteiger partial charge is 0.383 e. The number of likely N-dealkylation sites (tertiary alicyclic amines) is 1. The van der Waals surface area contributed by atoms with E-state index in [-0.39, 0.29) is 5.91 Å². The van der Waals surface area contributed by atoms with Crippen LogP contribution in [0, 0.1) is 5.92 Å². The second-order valence-corrected chi connectivity index (χ2v) is 7.67. The zero-order chi connectivity index (χ0) is 18.1. The number of nitrogens with one attached hydrogen (secondary N) is 2. The molecule has 2 rings (SSSR count). The summed E-state index contributed by atoms with van der Waals surface area (Å²) in [5.41, 5.74) is -0.573. The molecule has 0 unspecified atom stereocenters. The Morgan fingerprint density at radius 2 is 2.12 bits per heavy atom. The summed E-state index contributed by atoms with van der Waals surface area (Å²) in [6, 6.07) is 0. The molecule has 1 amide bonds. The number of thiazole rings is 1. The van der Waals surface area contributed by atoms with Crippen LogP contribution in [0.4, 0.5) is 5.13 Å². The second kappa shape index (κ2) is 10.1. The van der Waals surface area contributed by atoms with Crippen LogP contribution in [0.3, 0.4) is 0 Å². The van der Waals surface area contributed by atoms with Crippen LogP contribution in [0.25, 0.3) is 0 Å². The number of amides is 1. The molecule has 1 saturated heterocycles. The van der Waals surface area contributed by atoms with E-state index >= 15 is 0 Å². The molecule has 0 bridgehead atoms. The zero-order valence-electron chi connectivity index (χ0n) is 15.7. The molecule has 1 fully saturated rings. The molecular weight excluding hydrogens is 336 g/mol. The van der Waals surface area contributed by atoms with Gasteiger partial charge in [-0.25, -0.2) is 4.98 Å². The molecule has 0 aliphatic carbocycles. The number of hydrogen-bond donors (Lipinski definition) is 2. The number of anilines is 1. The first-order chi connectivity index (χ1) is 12.1. The van der Waals surface area contributed by atoms with E-state index in [1.165, 1.54) is 24.2 Å². The molecule has 6 nitrogen and oxygen atoms in total. The SMILES string of the molecule is CCC(CC)CN1CCC(Nc2nccs2)(C(=O)NCCOC)CC1. The molecule has 142 valence electrons. The standard InChI is InChI=1S/C18H32N4O2S/c1-4-15(5-2)14-22-10-6-18(7-11-22,16(23)19-8-12-24-3)21-17-20-9-13-25-17/h9,13,15H,4-8,10-12,14H2,1-3H3,(H,19,23)(H,20,21). The highest BCUT2D eigenvalue weighted by Gasteiger charge is 2.41. The average molecular weight is 369 g/mol. The number of methoxy groups -OCH3 is 1. The molecule has 2 heterocycles. The van der Waals surface area contributed by atoms with Gasteiger partial charge in [-0.15, -0.1) is 11.3 Å². The minimum atomic E-state index is -0.573. The van der Waals surface area contributed by atoms with Gasteiger partial charge in [-0.2, -0.15) is 0 Å². The van der Waals surface area contributed by atoms with Gasteiger partial charge in [0, 0.05) is 44.9 Å². The van der Waals surface area contributed by atoms with Gasteiger partial charge in [0.1, 0.15) is 5.54 Å². The summed E-state index contributed by atoms with van der Waals surface area (Å²) in [5.74, 6) is 0.803. The Morgan fingerprint density at radius 1 is 1.40 bits per heavy atom. The van der Waals surface area contributed by atoms with Crippen molar-refractivity contribution in [3.63, 3.8) is 0 Å². The molecule has 1 aromatic heterocycles. The van der Waals surface area contributed by atoms with E-state index in [2.05, 4.69) is 34.4 Å². The molecular formula is C18H32N4O2S. The van der Waals surface area contributed by atoms with E-state index in [0.717, 1.165) is 43.5 Å². The fourth-order valence-electron chi connectivity index (χ4n) is 3.36. The fourth-order valence-corrected chi connectivity index (χ4v) is 3.99. The molecule has 1 aliphatic rings. The first-order valence-electron chi connectivity index (χ1n) is 9.30. The lowest BCUT2D eigenvalue weighted by Gasteiger charge is -2.42. The van der Waals surface area contributed by atoms with Gasteiger partial charge in [-0.05, 0) is 18.8 Å². The maximum atomic E-state index is 12.9. The summed E-state index contributed by atoms with van der Waals surface area (Å²) >= 11 is 1.54. The van der Waals surface area contributed by atoms with Crippen molar-refractivity contribution in [3.8, 4) is 0 Å². The van der Waals surface area contributed by atoms with Crippen molar-refractivity contribution in [1.29, 1.82) is 0 Å². The maximum absolute atomic E-state index is 12.9. The van der Waals surface area contributed by atoms with E-state index in [1.54, 1.807) is 13.3 Å². The smallest absolute Gasteiger partial charge is 0.245 e. The molecule has 1 aromatic rings. The normalized spacial score (nSPS) is 17.6. The number of ether oxygens (including phenoxy) is 1. The first kappa shape index (κ1) is 20.1. The molecule has 0 saturated carbocycles. The molecule has 1 aliphatic heterocycles. The first-order valence-corrected chi connectivity index (χ1v) is 10.2. The highest BCUT2D eigenvalue weighted by Crippen LogP contribution is 2.29. The number of carbonyl (C=O) groups excluding carboxylic acids is 1. The molecule has 0 spiro atoms. The van der Waals surface area contributed by atoms with Crippen molar-refractivity contribution in [3.05, 3.63) is 11.6 Å². The van der Waals surface area contributed by atoms with Gasteiger partial charge in [-0.3, -0.25) is 4.79 Å². The van der Waals surface area contributed by atoms with Gasteiger partial charge >= 0.3 is 0 Å². The second-order valence-electron chi connectivity index (χ2n) is 6.78. The van der Waals surface area contributed by atoms with Crippen molar-refractivity contribution < 1.29 is 9.53 Å². The summed E-state index contributed by atoms with van der Waals surface area (Å²) in [7, 11) is 1.64. The third kappa shape index (κ3) is 5.66. The van der Waals surface area contributed by atoms with E-state index in [0.29, 0.717) is 13.2 Å². The minimum absolute atomic E-state index is 0.0573. The Morgan fingerprint density at radius 3 is 2.68 bits per heavy atom. The monoisotopic (exact) mass is 368 g/mol. The van der Waals surface area contributed by atoms with Gasteiger partial charge in [-0.1, -0.05) is 26.7 Å². The van der Waals surface area contributed by atoms with Crippen LogP contribution < -0.4 is 10.6 Å². The van der Waals surface area contributed by atoms with Gasteiger partial charge in [0.2, 0.25) is 5.91 Å². The Hall–Kier alpha value is -1.18. The van der Waals surface area contributed by atoms with Gasteiger partial charge in [0.15, 0.2) is 5.13 Å². The van der Waals surface area contributed by atoms with E-state index in [1.807, 2.05) is 5.38 Å². The van der Waals surface area contributed by atoms with Gasteiger partial charge < -0.3 is 20.3 Å². The average Bonchev–Trinajstić information content (AvgIpc) is 3.14. The summed E-state index contributed by atoms with van der Waals surface area (Å²) < 4.78 is 5.05. The number of piperidine rings is 1.